The van der Waals surface area contributed by atoms with Crippen molar-refractivity contribution in [3.8, 4) is 11.8 Å². The molecule has 0 aliphatic heterocycles. The predicted molar refractivity (Wildman–Crippen MR) is 106 cm³/mol. The average Bonchev–Trinajstić information content (AvgIpc) is 2.98. The lowest BCUT2D eigenvalue weighted by molar-refractivity contribution is -0.123. The van der Waals surface area contributed by atoms with Gasteiger partial charge in [0.05, 0.1) is 10.6 Å². The minimum Gasteiger partial charge on any atom is -0.477 e. The molecule has 1 aliphatic rings. The number of hydrogen-bond acceptors (Lipinski definition) is 4. The van der Waals surface area contributed by atoms with E-state index in [1.165, 1.54) is 0 Å². The molecular formula is C20H26N2O3S. The van der Waals surface area contributed by atoms with Crippen LogP contribution in [0.15, 0.2) is 11.2 Å². The molecule has 1 aromatic rings. The fourth-order valence-electron chi connectivity index (χ4n) is 2.95. The Morgan fingerprint density at radius 2 is 1.92 bits per heavy atom. The number of amides is 1. The van der Waals surface area contributed by atoms with Crippen LogP contribution in [-0.4, -0.2) is 23.7 Å². The second kappa shape index (κ2) is 8.05. The number of carboxylic acids is 1. The van der Waals surface area contributed by atoms with Crippen molar-refractivity contribution in [2.75, 3.05) is 5.01 Å². The lowest BCUT2D eigenvalue weighted by Gasteiger charge is -2.28. The van der Waals surface area contributed by atoms with Gasteiger partial charge >= 0.3 is 5.97 Å². The fourth-order valence-corrected chi connectivity index (χ4v) is 3.78. The van der Waals surface area contributed by atoms with E-state index in [9.17, 15) is 14.7 Å². The summed E-state index contributed by atoms with van der Waals surface area (Å²) in [5, 5.41) is 14.5. The summed E-state index contributed by atoms with van der Waals surface area (Å²) >= 11 is 1.06. The van der Waals surface area contributed by atoms with Gasteiger partial charge in [-0.3, -0.25) is 4.79 Å². The molecule has 1 aromatic heterocycles. The van der Waals surface area contributed by atoms with E-state index in [1.54, 1.807) is 6.07 Å². The van der Waals surface area contributed by atoms with Gasteiger partial charge in [0.15, 0.2) is 0 Å². The van der Waals surface area contributed by atoms with E-state index in [2.05, 4.69) is 30.6 Å². The maximum Gasteiger partial charge on any atom is 0.348 e. The first-order valence-electron chi connectivity index (χ1n) is 8.83. The van der Waals surface area contributed by atoms with Crippen molar-refractivity contribution >= 4 is 35.6 Å². The first-order chi connectivity index (χ1) is 12.1. The molecule has 0 aromatic carbocycles. The lowest BCUT2D eigenvalue weighted by Crippen LogP contribution is -2.34. The van der Waals surface area contributed by atoms with Gasteiger partial charge in [-0.25, -0.2) is 4.79 Å². The van der Waals surface area contributed by atoms with Gasteiger partial charge in [-0.15, -0.1) is 11.3 Å². The zero-order chi connectivity index (χ0) is 19.5. The molecule has 1 amide bonds. The molecule has 5 nitrogen and oxygen atoms in total. The molecule has 140 valence electrons. The molecule has 1 fully saturated rings. The van der Waals surface area contributed by atoms with E-state index in [0.717, 1.165) is 42.0 Å². The Labute approximate surface area is 159 Å². The summed E-state index contributed by atoms with van der Waals surface area (Å²) in [5.41, 5.74) is 0.0674. The fraction of sp³-hybridized carbons (Fsp3) is 0.550. The molecule has 1 N–H and O–H groups in total. The molecule has 0 saturated heterocycles. The SMILES string of the molecule is C=NN(C(=O)C1CCC(C)CC1)c1cc(C#CC(C)(C)C)sc1C(=O)O. The van der Waals surface area contributed by atoms with Crippen LogP contribution in [0.4, 0.5) is 5.69 Å². The number of carboxylic acid groups (broad SMARTS) is 1. The minimum atomic E-state index is -1.09. The molecule has 0 bridgehead atoms. The Bertz CT molecular complexity index is 756. The quantitative estimate of drug-likeness (QED) is 0.475. The molecule has 0 unspecified atom stereocenters. The van der Waals surface area contributed by atoms with Crippen molar-refractivity contribution < 1.29 is 14.7 Å². The third-order valence-corrected chi connectivity index (χ3v) is 5.44. The highest BCUT2D eigenvalue weighted by Crippen LogP contribution is 2.35. The summed E-state index contributed by atoms with van der Waals surface area (Å²) in [6.45, 7) is 11.6. The first-order valence-corrected chi connectivity index (χ1v) is 9.65. The van der Waals surface area contributed by atoms with Crippen LogP contribution in [0.25, 0.3) is 0 Å². The maximum atomic E-state index is 12.9. The molecular weight excluding hydrogens is 348 g/mol. The summed E-state index contributed by atoms with van der Waals surface area (Å²) in [6.07, 6.45) is 3.60. The average molecular weight is 375 g/mol. The van der Waals surface area contributed by atoms with E-state index < -0.39 is 5.97 Å². The second-order valence-electron chi connectivity index (χ2n) is 7.88. The highest BCUT2D eigenvalue weighted by molar-refractivity contribution is 7.15. The number of rotatable bonds is 4. The largest absolute Gasteiger partial charge is 0.477 e. The number of hydrogen-bond donors (Lipinski definition) is 1. The van der Waals surface area contributed by atoms with Gasteiger partial charge in [0.1, 0.15) is 4.88 Å². The van der Waals surface area contributed by atoms with Gasteiger partial charge in [-0.2, -0.15) is 10.1 Å². The van der Waals surface area contributed by atoms with Gasteiger partial charge in [-0.1, -0.05) is 18.8 Å². The van der Waals surface area contributed by atoms with Crippen LogP contribution in [0.3, 0.4) is 0 Å². The highest BCUT2D eigenvalue weighted by atomic mass is 32.1. The Hall–Kier alpha value is -2.13. The molecule has 1 aliphatic carbocycles. The summed E-state index contributed by atoms with van der Waals surface area (Å²) < 4.78 is 0. The number of hydrazone groups is 1. The first kappa shape index (κ1) is 20.2. The number of carbonyl (C=O) groups is 2. The molecule has 2 rings (SSSR count). The van der Waals surface area contributed by atoms with E-state index >= 15 is 0 Å². The van der Waals surface area contributed by atoms with E-state index in [1.807, 2.05) is 20.8 Å². The highest BCUT2D eigenvalue weighted by Gasteiger charge is 2.31. The molecule has 1 saturated carbocycles. The maximum absolute atomic E-state index is 12.9. The summed E-state index contributed by atoms with van der Waals surface area (Å²) in [4.78, 5) is 25.2. The van der Waals surface area contributed by atoms with Gasteiger partial charge in [0.25, 0.3) is 5.91 Å². The molecule has 0 atom stereocenters. The Morgan fingerprint density at radius 1 is 1.31 bits per heavy atom. The van der Waals surface area contributed by atoms with Crippen molar-refractivity contribution in [3.05, 3.63) is 15.8 Å². The Morgan fingerprint density at radius 3 is 2.42 bits per heavy atom. The summed E-state index contributed by atoms with van der Waals surface area (Å²) in [6, 6.07) is 1.63. The van der Waals surface area contributed by atoms with Crippen LogP contribution in [0.2, 0.25) is 0 Å². The third kappa shape index (κ3) is 4.95. The second-order valence-corrected chi connectivity index (χ2v) is 8.93. The van der Waals surface area contributed by atoms with Crippen molar-refractivity contribution in [3.63, 3.8) is 0 Å². The Kier molecular flexibility index (Phi) is 6.25. The topological polar surface area (TPSA) is 70.0 Å². The predicted octanol–water partition coefficient (Wildman–Crippen LogP) is 4.62. The summed E-state index contributed by atoms with van der Waals surface area (Å²) in [7, 11) is 0. The smallest absolute Gasteiger partial charge is 0.348 e. The van der Waals surface area contributed by atoms with Crippen LogP contribution < -0.4 is 5.01 Å². The van der Waals surface area contributed by atoms with Crippen molar-refractivity contribution in [2.24, 2.45) is 22.4 Å². The van der Waals surface area contributed by atoms with Crippen LogP contribution in [-0.2, 0) is 4.79 Å². The third-order valence-electron chi connectivity index (χ3n) is 4.41. The van der Waals surface area contributed by atoms with E-state index in [-0.39, 0.29) is 27.8 Å². The lowest BCUT2D eigenvalue weighted by atomic mass is 9.82. The number of aromatic carboxylic acids is 1. The van der Waals surface area contributed by atoms with Crippen molar-refractivity contribution in [1.29, 1.82) is 0 Å². The molecule has 6 heteroatoms. The Balaban J connectivity index is 2.35. The molecule has 26 heavy (non-hydrogen) atoms. The van der Waals surface area contributed by atoms with E-state index in [4.69, 9.17) is 0 Å². The number of thiophene rings is 1. The normalized spacial score (nSPS) is 20.0. The van der Waals surface area contributed by atoms with Crippen LogP contribution in [0, 0.1) is 29.1 Å². The molecule has 0 spiro atoms. The standard InChI is InChI=1S/C20H26N2O3S/c1-13-6-8-14(9-7-13)18(23)22(21-5)16-12-15(10-11-20(2,3)4)26-17(16)19(24)25/h12-14H,5-9H2,1-4H3,(H,24,25). The monoisotopic (exact) mass is 374 g/mol. The molecule has 0 radical (unpaired) electrons. The van der Waals surface area contributed by atoms with Gasteiger partial charge < -0.3 is 5.11 Å². The van der Waals surface area contributed by atoms with Crippen LogP contribution >= 0.6 is 11.3 Å². The molecule has 1 heterocycles. The number of anilines is 1. The van der Waals surface area contributed by atoms with Gasteiger partial charge in [0, 0.05) is 18.1 Å². The zero-order valence-electron chi connectivity index (χ0n) is 15.8. The van der Waals surface area contributed by atoms with Gasteiger partial charge in [-0.05, 0) is 58.4 Å². The minimum absolute atomic E-state index is 0.0631. The number of nitrogens with zero attached hydrogens (tertiary/aromatic N) is 2. The number of carbonyl (C=O) groups excluding carboxylic acids is 1. The van der Waals surface area contributed by atoms with Gasteiger partial charge in [0.2, 0.25) is 0 Å². The summed E-state index contributed by atoms with van der Waals surface area (Å²) in [5.74, 6) is 5.32. The van der Waals surface area contributed by atoms with Crippen molar-refractivity contribution in [2.45, 2.75) is 53.4 Å². The van der Waals surface area contributed by atoms with Crippen molar-refractivity contribution in [1.82, 2.24) is 0 Å². The van der Waals surface area contributed by atoms with Crippen LogP contribution in [0.5, 0.6) is 0 Å². The zero-order valence-corrected chi connectivity index (χ0v) is 16.7. The van der Waals surface area contributed by atoms with Crippen LogP contribution in [0.1, 0.15) is 67.9 Å². The van der Waals surface area contributed by atoms with E-state index in [0.29, 0.717) is 10.8 Å².